The first-order chi connectivity index (χ1) is 10.00. The van der Waals surface area contributed by atoms with Crippen LogP contribution >= 0.6 is 0 Å². The molecule has 0 spiro atoms. The molecule has 0 aromatic rings. The van der Waals surface area contributed by atoms with Crippen LogP contribution < -0.4 is 0 Å². The van der Waals surface area contributed by atoms with Crippen molar-refractivity contribution >= 4 is 5.97 Å². The minimum absolute atomic E-state index is 1.52. The fourth-order valence-electron chi connectivity index (χ4n) is 1.08. The molecule has 0 N–H and O–H groups in total. The lowest BCUT2D eigenvalue weighted by Gasteiger charge is -2.36. The number of carbonyl (C=O) groups is 1. The van der Waals surface area contributed by atoms with Gasteiger partial charge in [0, 0.05) is 4.53 Å². The minimum atomic E-state index is -7.59. The van der Waals surface area contributed by atoms with E-state index in [9.17, 15) is 62.0 Å². The quantitative estimate of drug-likeness (QED) is 0.629. The van der Waals surface area contributed by atoms with E-state index in [1.165, 1.54) is 4.94 Å². The Bertz CT molecular complexity index is 434. The molecule has 0 aromatic heterocycles. The van der Waals surface area contributed by atoms with Crippen LogP contribution in [0.25, 0.3) is 0 Å². The third-order valence-corrected chi connectivity index (χ3v) is 2.40. The van der Waals surface area contributed by atoms with E-state index in [-0.39, 0.29) is 0 Å². The topological polar surface area (TPSA) is 26.3 Å². The van der Waals surface area contributed by atoms with Crippen molar-refractivity contribution in [1.29, 1.82) is 0 Å². The number of halogens is 13. The second-order valence-corrected chi connectivity index (χ2v) is 3.89. The van der Waals surface area contributed by atoms with Crippen molar-refractivity contribution in [1.82, 2.24) is 0 Å². The fraction of sp³-hybridized carbons (Fsp3) is 0.875. The van der Waals surface area contributed by atoms with Gasteiger partial charge in [-0.25, -0.2) is 27.3 Å². The molecule has 138 valence electrons. The molecule has 2 atom stereocenters. The monoisotopic (exact) mass is 378 g/mol. The zero-order valence-electron chi connectivity index (χ0n) is 9.96. The molecule has 0 amide bonds. The van der Waals surface area contributed by atoms with Gasteiger partial charge < -0.3 is 0 Å². The third kappa shape index (κ3) is 3.13. The Labute approximate surface area is 117 Å². The first-order valence-corrected chi connectivity index (χ1v) is 4.90. The van der Waals surface area contributed by atoms with Crippen molar-refractivity contribution in [2.45, 2.75) is 42.5 Å². The van der Waals surface area contributed by atoms with Gasteiger partial charge in [-0.2, -0.15) is 35.1 Å². The lowest BCUT2D eigenvalue weighted by atomic mass is 9.94. The standard InChI is InChI=1S/C8H3F13O2/c9-1(3(11)12)2(10)5(13,14)7(17,18)8(19,20)6(15,16)4(22)23-21/h1-3H. The number of rotatable bonds is 7. The van der Waals surface area contributed by atoms with Crippen LogP contribution in [0.5, 0.6) is 0 Å². The molecule has 2 nitrogen and oxygen atoms in total. The highest BCUT2D eigenvalue weighted by atomic mass is 19.4. The molecular weight excluding hydrogens is 375 g/mol. The van der Waals surface area contributed by atoms with Gasteiger partial charge in [0.05, 0.1) is 0 Å². The Morgan fingerprint density at radius 2 is 1.17 bits per heavy atom. The van der Waals surface area contributed by atoms with E-state index in [1.807, 2.05) is 0 Å². The second kappa shape index (κ2) is 6.22. The number of alkyl halides is 12. The highest BCUT2D eigenvalue weighted by molar-refractivity contribution is 5.78. The maximum absolute atomic E-state index is 12.9. The maximum Gasteiger partial charge on any atom is 0.424 e. The van der Waals surface area contributed by atoms with Gasteiger partial charge >= 0.3 is 29.7 Å². The molecule has 0 aliphatic heterocycles. The second-order valence-electron chi connectivity index (χ2n) is 3.89. The summed E-state index contributed by atoms with van der Waals surface area (Å²) in [5.41, 5.74) is 0. The van der Waals surface area contributed by atoms with Gasteiger partial charge in [-0.15, -0.1) is 0 Å². The van der Waals surface area contributed by atoms with E-state index in [0.29, 0.717) is 0 Å². The Balaban J connectivity index is 5.98. The Hall–Kier alpha value is -1.44. The first-order valence-electron chi connectivity index (χ1n) is 4.90. The number of hydrogen-bond acceptors (Lipinski definition) is 2. The molecule has 0 heterocycles. The Morgan fingerprint density at radius 3 is 1.48 bits per heavy atom. The van der Waals surface area contributed by atoms with Crippen molar-refractivity contribution in [3.8, 4) is 0 Å². The summed E-state index contributed by atoms with van der Waals surface area (Å²) in [5.74, 6) is -33.3. The van der Waals surface area contributed by atoms with Crippen molar-refractivity contribution in [3.05, 3.63) is 0 Å². The van der Waals surface area contributed by atoms with E-state index >= 15 is 0 Å². The molecule has 0 aliphatic rings. The summed E-state index contributed by atoms with van der Waals surface area (Å²) in [7, 11) is 0. The normalized spacial score (nSPS) is 17.1. The zero-order chi connectivity index (χ0) is 19.0. The molecule has 15 heteroatoms. The molecule has 0 aliphatic carbocycles. The van der Waals surface area contributed by atoms with E-state index in [0.717, 1.165) is 0 Å². The van der Waals surface area contributed by atoms with Crippen molar-refractivity contribution in [3.63, 3.8) is 0 Å². The molecule has 23 heavy (non-hydrogen) atoms. The van der Waals surface area contributed by atoms with Crippen LogP contribution in [0.3, 0.4) is 0 Å². The highest BCUT2D eigenvalue weighted by Crippen LogP contribution is 2.55. The summed E-state index contributed by atoms with van der Waals surface area (Å²) in [5, 5.41) is 0. The summed E-state index contributed by atoms with van der Waals surface area (Å²) in [6.45, 7) is 0. The van der Waals surface area contributed by atoms with E-state index in [4.69, 9.17) is 0 Å². The van der Waals surface area contributed by atoms with Crippen LogP contribution in [-0.4, -0.2) is 48.4 Å². The van der Waals surface area contributed by atoms with E-state index in [1.54, 1.807) is 0 Å². The van der Waals surface area contributed by atoms with Crippen molar-refractivity contribution < 1.29 is 66.9 Å². The fourth-order valence-corrected chi connectivity index (χ4v) is 1.08. The minimum Gasteiger partial charge on any atom is -0.248 e. The van der Waals surface area contributed by atoms with Gasteiger partial charge in [-0.1, -0.05) is 0 Å². The van der Waals surface area contributed by atoms with Crippen LogP contribution in [0, 0.1) is 0 Å². The SMILES string of the molecule is O=C(OF)C(F)(F)C(F)(F)C(F)(F)C(F)(F)C(F)C(F)C(F)F. The molecule has 0 radical (unpaired) electrons. The lowest BCUT2D eigenvalue weighted by molar-refractivity contribution is -0.376. The van der Waals surface area contributed by atoms with Crippen molar-refractivity contribution in [2.75, 3.05) is 0 Å². The van der Waals surface area contributed by atoms with Crippen LogP contribution in [0.2, 0.25) is 0 Å². The highest BCUT2D eigenvalue weighted by Gasteiger charge is 2.85. The lowest BCUT2D eigenvalue weighted by Crippen LogP contribution is -2.67. The van der Waals surface area contributed by atoms with Gasteiger partial charge in [0.2, 0.25) is 6.17 Å². The van der Waals surface area contributed by atoms with Gasteiger partial charge in [-0.3, -0.25) is 0 Å². The number of carbonyl (C=O) groups excluding carboxylic acids is 1. The average Bonchev–Trinajstić information content (AvgIpc) is 2.43. The summed E-state index contributed by atoms with van der Waals surface area (Å²) >= 11 is 0. The largest absolute Gasteiger partial charge is 0.424 e. The predicted octanol–water partition coefficient (Wildman–Crippen LogP) is 3.90. The Kier molecular flexibility index (Phi) is 5.83. The summed E-state index contributed by atoms with van der Waals surface area (Å²) in [6, 6.07) is 0. The van der Waals surface area contributed by atoms with Gasteiger partial charge in [0.1, 0.15) is 0 Å². The molecule has 0 saturated heterocycles. The van der Waals surface area contributed by atoms with E-state index < -0.39 is 48.4 Å². The molecule has 2 unspecified atom stereocenters. The van der Waals surface area contributed by atoms with Crippen LogP contribution in [0.15, 0.2) is 0 Å². The first kappa shape index (κ1) is 21.6. The zero-order valence-corrected chi connectivity index (χ0v) is 9.96. The summed E-state index contributed by atoms with van der Waals surface area (Å²) < 4.78 is 162. The van der Waals surface area contributed by atoms with E-state index in [2.05, 4.69) is 0 Å². The Morgan fingerprint density at radius 1 is 0.783 bits per heavy atom. The summed E-state index contributed by atoms with van der Waals surface area (Å²) in [4.78, 5) is 11.5. The molecule has 0 rings (SSSR count). The molecule has 0 fully saturated rings. The van der Waals surface area contributed by atoms with Gasteiger partial charge in [0.15, 0.2) is 6.17 Å². The number of hydrogen-bond donors (Lipinski definition) is 0. The van der Waals surface area contributed by atoms with Crippen LogP contribution in [0.4, 0.5) is 57.2 Å². The van der Waals surface area contributed by atoms with Crippen LogP contribution in [-0.2, 0) is 9.74 Å². The van der Waals surface area contributed by atoms with Gasteiger partial charge in [0.25, 0.3) is 6.43 Å². The average molecular weight is 378 g/mol. The molecule has 0 aromatic carbocycles. The van der Waals surface area contributed by atoms with Crippen LogP contribution in [0.1, 0.15) is 0 Å². The molecule has 0 saturated carbocycles. The predicted molar refractivity (Wildman–Crippen MR) is 42.8 cm³/mol. The third-order valence-electron chi connectivity index (χ3n) is 2.40. The van der Waals surface area contributed by atoms with Crippen molar-refractivity contribution in [2.24, 2.45) is 0 Å². The maximum atomic E-state index is 12.9. The summed E-state index contributed by atoms with van der Waals surface area (Å²) in [6.07, 6.45) is -14.8. The van der Waals surface area contributed by atoms with Gasteiger partial charge in [-0.05, 0) is 0 Å². The molecule has 0 bridgehead atoms. The smallest absolute Gasteiger partial charge is 0.248 e. The molecular formula is C8H3F13O2.